The Labute approximate surface area is 204 Å². The Morgan fingerprint density at radius 2 is 2.06 bits per heavy atom. The largest absolute Gasteiger partial charge is 0.376 e. The Hall–Kier alpha value is -3.08. The summed E-state index contributed by atoms with van der Waals surface area (Å²) in [5.74, 6) is -0.251. The van der Waals surface area contributed by atoms with E-state index in [1.165, 1.54) is 21.4 Å². The average Bonchev–Trinajstić information content (AvgIpc) is 3.45. The van der Waals surface area contributed by atoms with E-state index in [2.05, 4.69) is 10.3 Å². The van der Waals surface area contributed by atoms with Crippen LogP contribution in [-0.2, 0) is 16.1 Å². The lowest BCUT2D eigenvalue weighted by molar-refractivity contribution is -0.122. The molecule has 2 aromatic heterocycles. The summed E-state index contributed by atoms with van der Waals surface area (Å²) in [7, 11) is 0. The molecule has 7 nitrogen and oxygen atoms in total. The molecule has 174 valence electrons. The third-order valence-corrected chi connectivity index (χ3v) is 7.07. The van der Waals surface area contributed by atoms with Crippen LogP contribution in [0.2, 0.25) is 0 Å². The molecule has 0 radical (unpaired) electrons. The van der Waals surface area contributed by atoms with Crippen LogP contribution in [0.5, 0.6) is 0 Å². The highest BCUT2D eigenvalue weighted by molar-refractivity contribution is 8.26. The van der Waals surface area contributed by atoms with Crippen LogP contribution in [-0.4, -0.2) is 43.8 Å². The third-order valence-electron chi connectivity index (χ3n) is 5.69. The molecule has 0 unspecified atom stereocenters. The van der Waals surface area contributed by atoms with Gasteiger partial charge in [-0.1, -0.05) is 42.2 Å². The number of ether oxygens (including phenoxy) is 1. The van der Waals surface area contributed by atoms with Gasteiger partial charge < -0.3 is 10.1 Å². The maximum atomic E-state index is 13.3. The van der Waals surface area contributed by atoms with Crippen LogP contribution in [0.4, 0.5) is 10.2 Å². The quantitative estimate of drug-likeness (QED) is 0.411. The molecule has 5 rings (SSSR count). The first kappa shape index (κ1) is 22.7. The smallest absolute Gasteiger partial charge is 0.267 e. The molecule has 1 aromatic carbocycles. The first-order valence-electron chi connectivity index (χ1n) is 10.9. The van der Waals surface area contributed by atoms with Crippen molar-refractivity contribution in [3.63, 3.8) is 0 Å². The Bertz CT molecular complexity index is 1350. The number of thiocarbonyl (C=S) groups is 1. The Kier molecular flexibility index (Phi) is 6.44. The molecule has 1 N–H and O–H groups in total. The second kappa shape index (κ2) is 9.65. The molecule has 4 heterocycles. The van der Waals surface area contributed by atoms with Crippen LogP contribution in [0.25, 0.3) is 11.7 Å². The molecule has 10 heteroatoms. The van der Waals surface area contributed by atoms with Crippen molar-refractivity contribution >= 4 is 51.7 Å². The number of amides is 1. The van der Waals surface area contributed by atoms with Crippen LogP contribution < -0.4 is 10.9 Å². The molecule has 34 heavy (non-hydrogen) atoms. The van der Waals surface area contributed by atoms with Crippen LogP contribution in [0.1, 0.15) is 24.0 Å². The predicted octanol–water partition coefficient (Wildman–Crippen LogP) is 3.83. The number of benzene rings is 1. The highest BCUT2D eigenvalue weighted by atomic mass is 32.2. The summed E-state index contributed by atoms with van der Waals surface area (Å²) < 4.78 is 20.7. The maximum absolute atomic E-state index is 13.3. The van der Waals surface area contributed by atoms with Crippen LogP contribution >= 0.6 is 24.0 Å². The van der Waals surface area contributed by atoms with Gasteiger partial charge in [-0.15, -0.1) is 0 Å². The number of hydrogen-bond acceptors (Lipinski definition) is 7. The molecular weight excluding hydrogens is 475 g/mol. The summed E-state index contributed by atoms with van der Waals surface area (Å²) in [4.78, 5) is 32.9. The number of carbonyl (C=O) groups is 1. The Morgan fingerprint density at radius 3 is 2.82 bits per heavy atom. The number of halogens is 1. The van der Waals surface area contributed by atoms with Gasteiger partial charge in [0, 0.05) is 19.3 Å². The first-order chi connectivity index (χ1) is 16.5. The first-order valence-corrected chi connectivity index (χ1v) is 12.1. The fraction of sp³-hybridized carbons (Fsp3) is 0.250. The topological polar surface area (TPSA) is 75.9 Å². The molecule has 0 aliphatic carbocycles. The van der Waals surface area contributed by atoms with Gasteiger partial charge in [-0.3, -0.25) is 18.9 Å². The van der Waals surface area contributed by atoms with Crippen LogP contribution in [0.15, 0.2) is 58.4 Å². The molecule has 1 amide bonds. The Balaban J connectivity index is 1.48. The van der Waals surface area contributed by atoms with E-state index in [0.29, 0.717) is 27.2 Å². The van der Waals surface area contributed by atoms with Gasteiger partial charge in [0.2, 0.25) is 0 Å². The van der Waals surface area contributed by atoms with Gasteiger partial charge in [0.15, 0.2) is 0 Å². The number of nitrogens with one attached hydrogen (secondary N) is 1. The number of rotatable bonds is 6. The second-order valence-corrected chi connectivity index (χ2v) is 9.69. The predicted molar refractivity (Wildman–Crippen MR) is 134 cm³/mol. The van der Waals surface area contributed by atoms with Gasteiger partial charge >= 0.3 is 0 Å². The lowest BCUT2D eigenvalue weighted by atomic mass is 10.2. The van der Waals surface area contributed by atoms with Crippen molar-refractivity contribution in [3.8, 4) is 0 Å². The summed E-state index contributed by atoms with van der Waals surface area (Å²) in [6, 6.07) is 11.2. The number of anilines is 1. The minimum Gasteiger partial charge on any atom is -0.376 e. The SMILES string of the molecule is O=C1/C(=C\c2c(NC[C@H]3CCCO3)nc3ccccn3c2=O)SC(=S)N1Cc1ccc(F)cc1. The van der Waals surface area contributed by atoms with E-state index in [0.717, 1.165) is 36.8 Å². The molecular formula is C24H21FN4O3S2. The maximum Gasteiger partial charge on any atom is 0.267 e. The molecule has 0 bridgehead atoms. The molecule has 0 spiro atoms. The van der Waals surface area contributed by atoms with Crippen molar-refractivity contribution in [1.82, 2.24) is 14.3 Å². The van der Waals surface area contributed by atoms with Crippen molar-refractivity contribution in [3.05, 3.63) is 80.9 Å². The Morgan fingerprint density at radius 1 is 1.24 bits per heavy atom. The zero-order chi connectivity index (χ0) is 23.7. The molecule has 0 saturated carbocycles. The number of carbonyl (C=O) groups excluding carboxylic acids is 1. The third kappa shape index (κ3) is 4.61. The van der Waals surface area contributed by atoms with E-state index in [1.807, 2.05) is 6.07 Å². The molecule has 2 aliphatic rings. The number of pyridine rings is 1. The van der Waals surface area contributed by atoms with Gasteiger partial charge in [0.05, 0.1) is 23.1 Å². The summed E-state index contributed by atoms with van der Waals surface area (Å²) in [5.41, 5.74) is 1.25. The minimum atomic E-state index is -0.346. The normalized spacial score (nSPS) is 19.5. The van der Waals surface area contributed by atoms with Crippen LogP contribution in [0.3, 0.4) is 0 Å². The fourth-order valence-corrected chi connectivity index (χ4v) is 5.16. The summed E-state index contributed by atoms with van der Waals surface area (Å²) in [6.45, 7) is 1.46. The molecule has 3 aromatic rings. The lowest BCUT2D eigenvalue weighted by Crippen LogP contribution is -2.27. The lowest BCUT2D eigenvalue weighted by Gasteiger charge is -2.15. The highest BCUT2D eigenvalue weighted by Gasteiger charge is 2.32. The van der Waals surface area contributed by atoms with E-state index in [9.17, 15) is 14.0 Å². The monoisotopic (exact) mass is 496 g/mol. The minimum absolute atomic E-state index is 0.0535. The van der Waals surface area contributed by atoms with Crippen molar-refractivity contribution < 1.29 is 13.9 Å². The number of thioether (sulfide) groups is 1. The average molecular weight is 497 g/mol. The van der Waals surface area contributed by atoms with E-state index in [1.54, 1.807) is 36.5 Å². The molecule has 2 fully saturated rings. The van der Waals surface area contributed by atoms with Crippen molar-refractivity contribution in [2.24, 2.45) is 0 Å². The molecule has 2 saturated heterocycles. The standard InChI is InChI=1S/C24H21FN4O3S2/c25-16-8-6-15(7-9-16)14-29-23(31)19(34-24(29)33)12-18-21(26-13-17-4-3-11-32-17)27-20-5-1-2-10-28(20)22(18)30/h1-2,5-10,12,17,26H,3-4,11,13-14H2/b19-12+/t17-/m1/s1. The van der Waals surface area contributed by atoms with Gasteiger partial charge in [-0.2, -0.15) is 0 Å². The van der Waals surface area contributed by atoms with Gasteiger partial charge in [-0.25, -0.2) is 9.37 Å². The number of aromatic nitrogens is 2. The molecule has 1 atom stereocenters. The molecule has 2 aliphatic heterocycles. The summed E-state index contributed by atoms with van der Waals surface area (Å²) in [5, 5.41) is 3.25. The van der Waals surface area contributed by atoms with Crippen LogP contribution in [0, 0.1) is 5.82 Å². The van der Waals surface area contributed by atoms with E-state index in [4.69, 9.17) is 17.0 Å². The number of hydrogen-bond donors (Lipinski definition) is 1. The number of fused-ring (bicyclic) bond motifs is 1. The van der Waals surface area contributed by atoms with E-state index < -0.39 is 0 Å². The zero-order valence-corrected chi connectivity index (χ0v) is 19.7. The number of nitrogens with zero attached hydrogens (tertiary/aromatic N) is 3. The van der Waals surface area contributed by atoms with E-state index >= 15 is 0 Å². The van der Waals surface area contributed by atoms with Crippen molar-refractivity contribution in [2.75, 3.05) is 18.5 Å². The summed E-state index contributed by atoms with van der Waals surface area (Å²) in [6.07, 6.45) is 5.20. The second-order valence-electron chi connectivity index (χ2n) is 8.02. The van der Waals surface area contributed by atoms with Gasteiger partial charge in [0.1, 0.15) is 21.6 Å². The highest BCUT2D eigenvalue weighted by Crippen LogP contribution is 2.34. The zero-order valence-electron chi connectivity index (χ0n) is 18.1. The van der Waals surface area contributed by atoms with E-state index in [-0.39, 0.29) is 35.5 Å². The van der Waals surface area contributed by atoms with Crippen molar-refractivity contribution in [1.29, 1.82) is 0 Å². The fourth-order valence-electron chi connectivity index (χ4n) is 3.92. The summed E-state index contributed by atoms with van der Waals surface area (Å²) >= 11 is 6.56. The van der Waals surface area contributed by atoms with Gasteiger partial charge in [-0.05, 0) is 48.7 Å². The van der Waals surface area contributed by atoms with Gasteiger partial charge in [0.25, 0.3) is 11.5 Å². The van der Waals surface area contributed by atoms with Crippen molar-refractivity contribution in [2.45, 2.75) is 25.5 Å².